The van der Waals surface area contributed by atoms with E-state index >= 15 is 0 Å². The number of nitrogens with one attached hydrogen (secondary N) is 1. The molecule has 6 heteroatoms. The van der Waals surface area contributed by atoms with E-state index in [1.807, 2.05) is 23.6 Å². The molecule has 1 amide bonds. The summed E-state index contributed by atoms with van der Waals surface area (Å²) in [7, 11) is 0. The number of rotatable bonds is 8. The van der Waals surface area contributed by atoms with Gasteiger partial charge in [-0.3, -0.25) is 14.6 Å². The number of carboxylic acids is 1. The van der Waals surface area contributed by atoms with E-state index in [-0.39, 0.29) is 12.3 Å². The van der Waals surface area contributed by atoms with E-state index in [9.17, 15) is 9.59 Å². The minimum Gasteiger partial charge on any atom is -0.481 e. The van der Waals surface area contributed by atoms with Gasteiger partial charge >= 0.3 is 5.97 Å². The van der Waals surface area contributed by atoms with Crippen LogP contribution in [0.3, 0.4) is 0 Å². The largest absolute Gasteiger partial charge is 0.481 e. The van der Waals surface area contributed by atoms with Crippen molar-refractivity contribution in [1.29, 1.82) is 0 Å². The molecular formula is C16H18N2O3S. The lowest BCUT2D eigenvalue weighted by Gasteiger charge is -2.02. The van der Waals surface area contributed by atoms with Gasteiger partial charge < -0.3 is 10.4 Å². The third-order valence-electron chi connectivity index (χ3n) is 3.15. The molecule has 0 aliphatic heterocycles. The number of hydrogen-bond acceptors (Lipinski definition) is 4. The predicted octanol–water partition coefficient (Wildman–Crippen LogP) is 3.78. The standard InChI is InChI=1S/C16H18N2O3S/c19-14(6-2-1-3-7-16(20)21)18-15-9-13(11-22-15)12-5-4-8-17-10-12/h4-5,8-11H,1-3,6-7H2,(H,18,19)(H,20,21). The van der Waals surface area contributed by atoms with Gasteiger partial charge in [0.2, 0.25) is 5.91 Å². The molecule has 0 aromatic carbocycles. The average molecular weight is 318 g/mol. The van der Waals surface area contributed by atoms with Gasteiger partial charge in [-0.05, 0) is 30.5 Å². The van der Waals surface area contributed by atoms with Crippen LogP contribution in [-0.2, 0) is 9.59 Å². The van der Waals surface area contributed by atoms with E-state index in [4.69, 9.17) is 5.11 Å². The molecule has 2 N–H and O–H groups in total. The molecule has 0 unspecified atom stereocenters. The van der Waals surface area contributed by atoms with Gasteiger partial charge in [0.25, 0.3) is 0 Å². The Labute approximate surface area is 133 Å². The summed E-state index contributed by atoms with van der Waals surface area (Å²) in [5, 5.41) is 14.2. The first kappa shape index (κ1) is 16.2. The number of pyridine rings is 1. The first-order valence-corrected chi connectivity index (χ1v) is 8.03. The predicted molar refractivity (Wildman–Crippen MR) is 86.9 cm³/mol. The molecule has 2 rings (SSSR count). The Bertz CT molecular complexity index is 625. The number of nitrogens with zero attached hydrogens (tertiary/aromatic N) is 1. The topological polar surface area (TPSA) is 79.3 Å². The number of unbranched alkanes of at least 4 members (excludes halogenated alkanes) is 2. The van der Waals surface area contributed by atoms with Crippen LogP contribution in [0.25, 0.3) is 11.1 Å². The van der Waals surface area contributed by atoms with Crippen molar-refractivity contribution in [3.8, 4) is 11.1 Å². The van der Waals surface area contributed by atoms with Crippen molar-refractivity contribution in [1.82, 2.24) is 4.98 Å². The normalized spacial score (nSPS) is 10.4. The van der Waals surface area contributed by atoms with Gasteiger partial charge in [0.05, 0.1) is 5.00 Å². The van der Waals surface area contributed by atoms with Gasteiger partial charge in [-0.1, -0.05) is 12.5 Å². The minimum atomic E-state index is -0.786. The van der Waals surface area contributed by atoms with E-state index in [1.165, 1.54) is 11.3 Å². The van der Waals surface area contributed by atoms with Crippen LogP contribution in [0.1, 0.15) is 32.1 Å². The maximum atomic E-state index is 11.8. The summed E-state index contributed by atoms with van der Waals surface area (Å²) in [5.74, 6) is -0.819. The van der Waals surface area contributed by atoms with E-state index in [2.05, 4.69) is 10.3 Å². The van der Waals surface area contributed by atoms with Crippen LogP contribution in [0.4, 0.5) is 5.00 Å². The summed E-state index contributed by atoms with van der Waals surface area (Å²) in [6, 6.07) is 5.79. The van der Waals surface area contributed by atoms with Crippen LogP contribution in [0.5, 0.6) is 0 Å². The Morgan fingerprint density at radius 1 is 1.18 bits per heavy atom. The summed E-state index contributed by atoms with van der Waals surface area (Å²) in [6.07, 6.45) is 6.18. The second kappa shape index (κ2) is 8.29. The summed E-state index contributed by atoms with van der Waals surface area (Å²) >= 11 is 1.48. The summed E-state index contributed by atoms with van der Waals surface area (Å²) < 4.78 is 0. The smallest absolute Gasteiger partial charge is 0.303 e. The highest BCUT2D eigenvalue weighted by Gasteiger charge is 2.06. The number of hydrogen-bond donors (Lipinski definition) is 2. The number of carbonyl (C=O) groups is 2. The third-order valence-corrected chi connectivity index (χ3v) is 4.00. The Hall–Kier alpha value is -2.21. The molecule has 0 aliphatic rings. The highest BCUT2D eigenvalue weighted by molar-refractivity contribution is 7.14. The molecule has 22 heavy (non-hydrogen) atoms. The summed E-state index contributed by atoms with van der Waals surface area (Å²) in [5.41, 5.74) is 2.06. The van der Waals surface area contributed by atoms with Crippen molar-refractivity contribution < 1.29 is 14.7 Å². The molecule has 5 nitrogen and oxygen atoms in total. The fourth-order valence-electron chi connectivity index (χ4n) is 2.03. The molecule has 2 aromatic rings. The first-order chi connectivity index (χ1) is 10.6. The van der Waals surface area contributed by atoms with Crippen LogP contribution in [-0.4, -0.2) is 22.0 Å². The maximum Gasteiger partial charge on any atom is 0.303 e. The van der Waals surface area contributed by atoms with Crippen molar-refractivity contribution in [3.63, 3.8) is 0 Å². The molecule has 0 bridgehead atoms. The van der Waals surface area contributed by atoms with Crippen molar-refractivity contribution >= 4 is 28.2 Å². The molecule has 0 atom stereocenters. The summed E-state index contributed by atoms with van der Waals surface area (Å²) in [6.45, 7) is 0. The molecular weight excluding hydrogens is 300 g/mol. The first-order valence-electron chi connectivity index (χ1n) is 7.16. The third kappa shape index (κ3) is 5.29. The van der Waals surface area contributed by atoms with Crippen molar-refractivity contribution in [2.75, 3.05) is 5.32 Å². The van der Waals surface area contributed by atoms with E-state index in [0.717, 1.165) is 22.5 Å². The number of aromatic nitrogens is 1. The molecule has 0 saturated heterocycles. The van der Waals surface area contributed by atoms with Crippen LogP contribution in [0.2, 0.25) is 0 Å². The van der Waals surface area contributed by atoms with Crippen LogP contribution in [0.15, 0.2) is 36.0 Å². The van der Waals surface area contributed by atoms with Gasteiger partial charge in [0.1, 0.15) is 0 Å². The van der Waals surface area contributed by atoms with Gasteiger partial charge in [-0.25, -0.2) is 0 Å². The number of anilines is 1. The minimum absolute atomic E-state index is 0.0325. The Kier molecular flexibility index (Phi) is 6.09. The lowest BCUT2D eigenvalue weighted by atomic mass is 10.1. The number of aliphatic carboxylic acids is 1. The van der Waals surface area contributed by atoms with Gasteiger partial charge in [-0.15, -0.1) is 11.3 Å². The fourth-order valence-corrected chi connectivity index (χ4v) is 2.85. The van der Waals surface area contributed by atoms with Crippen LogP contribution < -0.4 is 5.32 Å². The average Bonchev–Trinajstić information content (AvgIpc) is 2.96. The zero-order valence-corrected chi connectivity index (χ0v) is 12.9. The van der Waals surface area contributed by atoms with E-state index in [0.29, 0.717) is 19.3 Å². The van der Waals surface area contributed by atoms with Crippen LogP contribution in [0, 0.1) is 0 Å². The highest BCUT2D eigenvalue weighted by atomic mass is 32.1. The molecule has 2 aromatic heterocycles. The van der Waals surface area contributed by atoms with Crippen LogP contribution >= 0.6 is 11.3 Å². The fraction of sp³-hybridized carbons (Fsp3) is 0.312. The van der Waals surface area contributed by atoms with Crippen molar-refractivity contribution in [2.24, 2.45) is 0 Å². The zero-order valence-electron chi connectivity index (χ0n) is 12.1. The Morgan fingerprint density at radius 3 is 2.73 bits per heavy atom. The molecule has 116 valence electrons. The quantitative estimate of drug-likeness (QED) is 0.726. The van der Waals surface area contributed by atoms with E-state index < -0.39 is 5.97 Å². The lowest BCUT2D eigenvalue weighted by molar-refractivity contribution is -0.137. The molecule has 0 saturated carbocycles. The number of thiophene rings is 1. The molecule has 0 fully saturated rings. The van der Waals surface area contributed by atoms with Gasteiger partial charge in [0, 0.05) is 36.2 Å². The second-order valence-corrected chi connectivity index (χ2v) is 5.86. The maximum absolute atomic E-state index is 11.8. The zero-order chi connectivity index (χ0) is 15.8. The lowest BCUT2D eigenvalue weighted by Crippen LogP contribution is -2.09. The SMILES string of the molecule is O=C(O)CCCCCC(=O)Nc1cc(-c2cccnc2)cs1. The number of carboxylic acid groups (broad SMARTS) is 1. The number of carbonyl (C=O) groups excluding carboxylic acids is 1. The van der Waals surface area contributed by atoms with Gasteiger partial charge in [0.15, 0.2) is 0 Å². The monoisotopic (exact) mass is 318 g/mol. The molecule has 0 spiro atoms. The number of amides is 1. The molecule has 2 heterocycles. The van der Waals surface area contributed by atoms with E-state index in [1.54, 1.807) is 12.4 Å². The Morgan fingerprint density at radius 2 is 2.00 bits per heavy atom. The highest BCUT2D eigenvalue weighted by Crippen LogP contribution is 2.28. The molecule has 0 radical (unpaired) electrons. The van der Waals surface area contributed by atoms with Crippen molar-refractivity contribution in [3.05, 3.63) is 36.0 Å². The molecule has 0 aliphatic carbocycles. The Balaban J connectivity index is 1.76. The second-order valence-electron chi connectivity index (χ2n) is 4.94. The van der Waals surface area contributed by atoms with Gasteiger partial charge in [-0.2, -0.15) is 0 Å². The van der Waals surface area contributed by atoms with Crippen molar-refractivity contribution in [2.45, 2.75) is 32.1 Å². The summed E-state index contributed by atoms with van der Waals surface area (Å²) in [4.78, 5) is 26.3.